The van der Waals surface area contributed by atoms with Gasteiger partial charge in [0.1, 0.15) is 11.5 Å². The number of nitrogens with zero attached hydrogens (tertiary/aromatic N) is 2. The van der Waals surface area contributed by atoms with E-state index in [2.05, 4.69) is 36.5 Å². The predicted octanol–water partition coefficient (Wildman–Crippen LogP) is 6.22. The second-order valence-corrected chi connectivity index (χ2v) is 9.09. The van der Waals surface area contributed by atoms with Crippen LogP contribution in [0.25, 0.3) is 22.2 Å². The number of pyridine rings is 1. The second-order valence-electron chi connectivity index (χ2n) is 7.80. The topological polar surface area (TPSA) is 72.8 Å². The minimum Gasteiger partial charge on any atom is -0.497 e. The molecule has 0 unspecified atom stereocenters. The number of carbonyl (C=O) groups is 1. The van der Waals surface area contributed by atoms with Crippen LogP contribution < -0.4 is 14.9 Å². The maximum absolute atomic E-state index is 13.3. The summed E-state index contributed by atoms with van der Waals surface area (Å²) in [6.07, 6.45) is 1.72. The van der Waals surface area contributed by atoms with E-state index >= 15 is 0 Å². The summed E-state index contributed by atoms with van der Waals surface area (Å²) in [5.74, 6) is 1.01. The summed E-state index contributed by atoms with van der Waals surface area (Å²) in [7, 11) is 3.21. The number of amides is 1. The van der Waals surface area contributed by atoms with Crippen molar-refractivity contribution in [2.45, 2.75) is 26.7 Å². The molecule has 0 fully saturated rings. The second kappa shape index (κ2) is 10.5. The van der Waals surface area contributed by atoms with Crippen LogP contribution >= 0.6 is 11.3 Å². The van der Waals surface area contributed by atoms with Crippen molar-refractivity contribution in [3.05, 3.63) is 76.0 Å². The number of hydrogen-bond donors (Lipinski definition) is 1. The Morgan fingerprint density at radius 3 is 2.59 bits per heavy atom. The van der Waals surface area contributed by atoms with E-state index in [1.165, 1.54) is 4.88 Å². The molecule has 0 saturated heterocycles. The Bertz CT molecular complexity index is 1360. The molecule has 0 spiro atoms. The van der Waals surface area contributed by atoms with Gasteiger partial charge >= 0.3 is 0 Å². The molecule has 0 aliphatic rings. The van der Waals surface area contributed by atoms with E-state index in [4.69, 9.17) is 14.5 Å². The Labute approximate surface area is 203 Å². The maximum Gasteiger partial charge on any atom is 0.272 e. The van der Waals surface area contributed by atoms with Gasteiger partial charge in [-0.1, -0.05) is 31.5 Å². The van der Waals surface area contributed by atoms with Crippen LogP contribution in [0.3, 0.4) is 0 Å². The average Bonchev–Trinajstić information content (AvgIpc) is 3.31. The minimum absolute atomic E-state index is 0.283. The lowest BCUT2D eigenvalue weighted by Gasteiger charge is -2.13. The largest absolute Gasteiger partial charge is 0.497 e. The molecule has 7 heteroatoms. The molecule has 0 atom stereocenters. The highest BCUT2D eigenvalue weighted by atomic mass is 32.1. The number of nitrogens with one attached hydrogen (secondary N) is 1. The molecule has 4 rings (SSSR count). The molecule has 0 saturated carbocycles. The highest BCUT2D eigenvalue weighted by Crippen LogP contribution is 2.34. The lowest BCUT2D eigenvalue weighted by atomic mass is 10.0. The number of para-hydroxylation sites is 1. The van der Waals surface area contributed by atoms with Crippen LogP contribution in [0.15, 0.2) is 65.8 Å². The molecule has 0 aliphatic heterocycles. The van der Waals surface area contributed by atoms with Gasteiger partial charge in [-0.25, -0.2) is 10.4 Å². The van der Waals surface area contributed by atoms with E-state index in [-0.39, 0.29) is 5.91 Å². The number of hydrazone groups is 1. The number of aromatic nitrogens is 1. The third-order valence-electron chi connectivity index (χ3n) is 5.45. The van der Waals surface area contributed by atoms with Gasteiger partial charge in [0.15, 0.2) is 0 Å². The zero-order chi connectivity index (χ0) is 24.1. The third kappa shape index (κ3) is 4.94. The molecule has 6 nitrogen and oxygen atoms in total. The molecule has 2 heterocycles. The highest BCUT2D eigenvalue weighted by Gasteiger charge is 2.17. The van der Waals surface area contributed by atoms with Gasteiger partial charge in [-0.3, -0.25) is 4.79 Å². The Hall–Kier alpha value is -3.71. The van der Waals surface area contributed by atoms with Crippen LogP contribution in [0.5, 0.6) is 11.5 Å². The smallest absolute Gasteiger partial charge is 0.272 e. The molecule has 174 valence electrons. The zero-order valence-electron chi connectivity index (χ0n) is 19.7. The summed E-state index contributed by atoms with van der Waals surface area (Å²) in [6.45, 7) is 4.16. The monoisotopic (exact) mass is 473 g/mol. The predicted molar refractivity (Wildman–Crippen MR) is 138 cm³/mol. The van der Waals surface area contributed by atoms with Crippen molar-refractivity contribution in [3.8, 4) is 22.8 Å². The van der Waals surface area contributed by atoms with Crippen LogP contribution in [0.4, 0.5) is 0 Å². The van der Waals surface area contributed by atoms with Crippen LogP contribution in [-0.2, 0) is 0 Å². The number of benzene rings is 2. The first kappa shape index (κ1) is 23.4. The van der Waals surface area contributed by atoms with Gasteiger partial charge < -0.3 is 9.47 Å². The quantitative estimate of drug-likeness (QED) is 0.243. The number of rotatable bonds is 8. The van der Waals surface area contributed by atoms with Gasteiger partial charge in [-0.2, -0.15) is 5.10 Å². The molecule has 0 aliphatic carbocycles. The Morgan fingerprint density at radius 2 is 1.88 bits per heavy atom. The fourth-order valence-electron chi connectivity index (χ4n) is 3.75. The number of ether oxygens (including phenoxy) is 2. The zero-order valence-corrected chi connectivity index (χ0v) is 20.5. The molecule has 1 N–H and O–H groups in total. The lowest BCUT2D eigenvalue weighted by Crippen LogP contribution is -2.20. The average molecular weight is 474 g/mol. The fraction of sp³-hybridized carbons (Fsp3) is 0.222. The summed E-state index contributed by atoms with van der Waals surface area (Å²) < 4.78 is 10.9. The number of fused-ring (bicyclic) bond motifs is 1. The summed E-state index contributed by atoms with van der Waals surface area (Å²) >= 11 is 1.68. The Balaban J connectivity index is 1.75. The van der Waals surface area contributed by atoms with Crippen LogP contribution in [-0.4, -0.2) is 30.8 Å². The molecular weight excluding hydrogens is 446 g/mol. The van der Waals surface area contributed by atoms with Crippen molar-refractivity contribution in [2.75, 3.05) is 14.2 Å². The normalized spacial score (nSPS) is 11.5. The molecule has 2 aromatic heterocycles. The summed E-state index contributed by atoms with van der Waals surface area (Å²) in [6, 6.07) is 19.0. The number of hydrogen-bond acceptors (Lipinski definition) is 6. The van der Waals surface area contributed by atoms with E-state index in [1.54, 1.807) is 37.7 Å². The fourth-order valence-corrected chi connectivity index (χ4v) is 4.64. The number of methoxy groups -OCH3 is 2. The van der Waals surface area contributed by atoms with Crippen molar-refractivity contribution in [1.82, 2.24) is 10.4 Å². The minimum atomic E-state index is -0.283. The van der Waals surface area contributed by atoms with E-state index < -0.39 is 0 Å². The van der Waals surface area contributed by atoms with Crippen LogP contribution in [0.1, 0.15) is 39.9 Å². The lowest BCUT2D eigenvalue weighted by molar-refractivity contribution is 0.0956. The third-order valence-corrected chi connectivity index (χ3v) is 6.50. The van der Waals surface area contributed by atoms with Gasteiger partial charge in [0.25, 0.3) is 5.91 Å². The van der Waals surface area contributed by atoms with Gasteiger partial charge in [0.05, 0.1) is 41.6 Å². The van der Waals surface area contributed by atoms with E-state index in [0.717, 1.165) is 39.9 Å². The molecule has 0 bridgehead atoms. The van der Waals surface area contributed by atoms with Crippen LogP contribution in [0.2, 0.25) is 0 Å². The van der Waals surface area contributed by atoms with Crippen molar-refractivity contribution in [1.29, 1.82) is 0 Å². The SMILES string of the molecule is CCCC(=NNC(=O)c1cc(-c2ccc(OC)cc2OC)nc2ccccc12)c1ccc(C)s1. The van der Waals surface area contributed by atoms with Gasteiger partial charge in [-0.05, 0) is 49.7 Å². The summed E-state index contributed by atoms with van der Waals surface area (Å²) in [5.41, 5.74) is 6.29. The van der Waals surface area contributed by atoms with Gasteiger partial charge in [0.2, 0.25) is 0 Å². The van der Waals surface area contributed by atoms with Crippen molar-refractivity contribution >= 4 is 33.9 Å². The molecular formula is C27H27N3O3S. The highest BCUT2D eigenvalue weighted by molar-refractivity contribution is 7.14. The first-order chi connectivity index (χ1) is 16.5. The van der Waals surface area contributed by atoms with Crippen LogP contribution in [0, 0.1) is 6.92 Å². The Kier molecular flexibility index (Phi) is 7.23. The van der Waals surface area contributed by atoms with Crippen molar-refractivity contribution in [3.63, 3.8) is 0 Å². The van der Waals surface area contributed by atoms with Gasteiger partial charge in [0, 0.05) is 21.9 Å². The van der Waals surface area contributed by atoms with Crippen molar-refractivity contribution in [2.24, 2.45) is 5.10 Å². The maximum atomic E-state index is 13.3. The molecule has 1 amide bonds. The molecule has 4 aromatic rings. The Morgan fingerprint density at radius 1 is 1.06 bits per heavy atom. The van der Waals surface area contributed by atoms with E-state index in [0.29, 0.717) is 22.8 Å². The molecule has 0 radical (unpaired) electrons. The molecule has 34 heavy (non-hydrogen) atoms. The number of carbonyl (C=O) groups excluding carboxylic acids is 1. The first-order valence-electron chi connectivity index (χ1n) is 11.1. The van der Waals surface area contributed by atoms with E-state index in [9.17, 15) is 4.79 Å². The summed E-state index contributed by atoms with van der Waals surface area (Å²) in [5, 5.41) is 5.26. The number of thiophene rings is 1. The van der Waals surface area contributed by atoms with Crippen molar-refractivity contribution < 1.29 is 14.3 Å². The van der Waals surface area contributed by atoms with E-state index in [1.807, 2.05) is 36.4 Å². The first-order valence-corrected chi connectivity index (χ1v) is 11.9. The van der Waals surface area contributed by atoms with Gasteiger partial charge in [-0.15, -0.1) is 11.3 Å². The summed E-state index contributed by atoms with van der Waals surface area (Å²) in [4.78, 5) is 20.4. The standard InChI is InChI=1S/C27H27N3O3S/c1-5-8-23(26-14-11-17(2)34-26)29-30-27(31)21-16-24(28-22-10-7-6-9-19(21)22)20-13-12-18(32-3)15-25(20)33-4/h6-7,9-16H,5,8H2,1-4H3,(H,30,31). The number of aryl methyl sites for hydroxylation is 1. The molecule has 2 aromatic carbocycles.